The first kappa shape index (κ1) is 37.9. The number of esters is 3. The monoisotopic (exact) mass is 762 g/mol. The minimum Gasteiger partial charge on any atom is -0.455 e. The highest BCUT2D eigenvalue weighted by atomic mass is 79.9. The Labute approximate surface area is 298 Å². The Balaban J connectivity index is 1.88. The molecular weight excluding hydrogens is 712 g/mol. The number of benzene rings is 1. The summed E-state index contributed by atoms with van der Waals surface area (Å²) in [6, 6.07) is 10.8. The van der Waals surface area contributed by atoms with E-state index >= 15 is 4.79 Å². The number of Topliss-reactive ketones (excluding diaryl/α,β-unsaturated/α-hetero) is 1. The standard InChI is InChI=1S/C37H51BrO10Si/c1-10-49(11-2,12-3)48-26-18-27-36(20-44-27,47-23(6)40)30-32(46-33(42)24-16-14-13-15-17-24)37(43)19-25(38)21(4)28(34(37,7)8)29(45-22(5)39)31(41)35(26,30)9/h13-17,25-27,29-30,32,43H,10-12,18-20H2,1-9H3/t25-,26+,27-,29-,30+,32+,35-,36+,37-/m1/s1. The fourth-order valence-corrected chi connectivity index (χ4v) is 13.0. The molecule has 4 aliphatic rings. The second-order valence-electron chi connectivity index (χ2n) is 15.1. The van der Waals surface area contributed by atoms with Gasteiger partial charge in [-0.3, -0.25) is 14.4 Å². The molecule has 0 radical (unpaired) electrons. The van der Waals surface area contributed by atoms with Crippen molar-refractivity contribution in [1.29, 1.82) is 0 Å². The Morgan fingerprint density at radius 1 is 1.00 bits per heavy atom. The van der Waals surface area contributed by atoms with Crippen molar-refractivity contribution in [3.05, 3.63) is 47.0 Å². The zero-order chi connectivity index (χ0) is 36.3. The molecule has 1 saturated heterocycles. The maximum absolute atomic E-state index is 15.7. The summed E-state index contributed by atoms with van der Waals surface area (Å²) >= 11 is 3.75. The minimum absolute atomic E-state index is 0.0804. The lowest BCUT2D eigenvalue weighted by Crippen LogP contribution is -2.82. The van der Waals surface area contributed by atoms with Gasteiger partial charge in [-0.1, -0.05) is 74.3 Å². The molecule has 9 atom stereocenters. The van der Waals surface area contributed by atoms with Crippen LogP contribution in [0.15, 0.2) is 41.5 Å². The number of hydrogen-bond donors (Lipinski definition) is 1. The molecule has 3 fully saturated rings. The highest BCUT2D eigenvalue weighted by Crippen LogP contribution is 2.65. The van der Waals surface area contributed by atoms with Crippen molar-refractivity contribution in [2.75, 3.05) is 6.61 Å². The molecule has 2 bridgehead atoms. The number of alkyl halides is 1. The molecular formula is C37H51BrO10Si. The van der Waals surface area contributed by atoms with Crippen molar-refractivity contribution in [3.8, 4) is 0 Å². The van der Waals surface area contributed by atoms with Gasteiger partial charge in [-0.15, -0.1) is 0 Å². The van der Waals surface area contributed by atoms with Gasteiger partial charge in [-0.25, -0.2) is 4.79 Å². The number of halogens is 1. The number of ether oxygens (including phenoxy) is 4. The van der Waals surface area contributed by atoms with Crippen molar-refractivity contribution in [2.45, 2.75) is 134 Å². The molecule has 3 aliphatic carbocycles. The lowest BCUT2D eigenvalue weighted by Gasteiger charge is -2.68. The average molecular weight is 764 g/mol. The molecule has 270 valence electrons. The van der Waals surface area contributed by atoms with Crippen molar-refractivity contribution in [2.24, 2.45) is 16.7 Å². The summed E-state index contributed by atoms with van der Waals surface area (Å²) in [4.78, 5) is 55.2. The summed E-state index contributed by atoms with van der Waals surface area (Å²) in [6.07, 6.45) is -4.00. The molecule has 0 spiro atoms. The molecule has 0 amide bonds. The zero-order valence-corrected chi connectivity index (χ0v) is 32.7. The molecule has 1 aromatic carbocycles. The predicted molar refractivity (Wildman–Crippen MR) is 187 cm³/mol. The predicted octanol–water partition coefficient (Wildman–Crippen LogP) is 6.08. The van der Waals surface area contributed by atoms with Crippen LogP contribution in [0.1, 0.15) is 85.5 Å². The largest absolute Gasteiger partial charge is 0.455 e. The van der Waals surface area contributed by atoms with Crippen LogP contribution in [-0.4, -0.2) is 84.2 Å². The topological polar surface area (TPSA) is 135 Å². The van der Waals surface area contributed by atoms with Crippen LogP contribution in [0.4, 0.5) is 0 Å². The molecule has 5 rings (SSSR count). The Kier molecular flexibility index (Phi) is 10.3. The molecule has 1 aromatic rings. The first-order valence-electron chi connectivity index (χ1n) is 17.4. The molecule has 10 nitrogen and oxygen atoms in total. The summed E-state index contributed by atoms with van der Waals surface area (Å²) in [7, 11) is -2.44. The van der Waals surface area contributed by atoms with Crippen LogP contribution in [0.2, 0.25) is 18.1 Å². The molecule has 1 N–H and O–H groups in total. The van der Waals surface area contributed by atoms with Crippen molar-refractivity contribution in [3.63, 3.8) is 0 Å². The quantitative estimate of drug-likeness (QED) is 0.104. The van der Waals surface area contributed by atoms with Gasteiger partial charge in [-0.05, 0) is 56.1 Å². The second-order valence-corrected chi connectivity index (χ2v) is 20.9. The van der Waals surface area contributed by atoms with E-state index < -0.39 is 89.2 Å². The van der Waals surface area contributed by atoms with Gasteiger partial charge >= 0.3 is 17.9 Å². The molecule has 1 heterocycles. The van der Waals surface area contributed by atoms with Gasteiger partial charge in [0.2, 0.25) is 0 Å². The van der Waals surface area contributed by atoms with E-state index in [4.69, 9.17) is 23.4 Å². The molecule has 2 saturated carbocycles. The lowest BCUT2D eigenvalue weighted by molar-refractivity contribution is -0.343. The maximum Gasteiger partial charge on any atom is 0.338 e. The molecule has 0 aromatic heterocycles. The third kappa shape index (κ3) is 5.77. The van der Waals surface area contributed by atoms with Crippen LogP contribution in [-0.2, 0) is 37.8 Å². The average Bonchev–Trinajstić information content (AvgIpc) is 3.04. The Hall–Kier alpha value is -2.38. The fraction of sp³-hybridized carbons (Fsp3) is 0.676. The van der Waals surface area contributed by atoms with Crippen LogP contribution in [0.25, 0.3) is 0 Å². The zero-order valence-electron chi connectivity index (χ0n) is 30.1. The van der Waals surface area contributed by atoms with Crippen LogP contribution >= 0.6 is 15.9 Å². The number of allylic oxidation sites excluding steroid dienone is 1. The van der Waals surface area contributed by atoms with Gasteiger partial charge in [0.15, 0.2) is 25.8 Å². The number of rotatable bonds is 9. The first-order chi connectivity index (χ1) is 22.9. The summed E-state index contributed by atoms with van der Waals surface area (Å²) in [5, 5.41) is 13.4. The van der Waals surface area contributed by atoms with Crippen molar-refractivity contribution in [1.82, 2.24) is 0 Å². The third-order valence-corrected chi connectivity index (χ3v) is 18.1. The van der Waals surface area contributed by atoms with E-state index in [1.165, 1.54) is 13.8 Å². The highest BCUT2D eigenvalue weighted by molar-refractivity contribution is 9.09. The highest BCUT2D eigenvalue weighted by Gasteiger charge is 2.78. The number of carbonyl (C=O) groups excluding carboxylic acids is 4. The SMILES string of the molecule is CC[Si](CC)(CC)O[C@H]1C[C@H]2OC[C@@]2(OC(C)=O)[C@H]2[C@H](OC(=O)c3ccccc3)[C@]3(O)C[C@@H](Br)C(C)=C([C@@H](OC(C)=O)C(=O)[C@]12C)C3(C)C. The Bertz CT molecular complexity index is 1520. The van der Waals surface area contributed by atoms with Gasteiger partial charge in [0.05, 0.1) is 29.6 Å². The van der Waals surface area contributed by atoms with Crippen molar-refractivity contribution >= 4 is 47.9 Å². The van der Waals surface area contributed by atoms with Crippen LogP contribution < -0.4 is 0 Å². The minimum atomic E-state index is -2.44. The normalized spacial score (nSPS) is 36.7. The number of carbonyl (C=O) groups is 4. The Morgan fingerprint density at radius 2 is 1.61 bits per heavy atom. The van der Waals surface area contributed by atoms with Gasteiger partial charge in [0.1, 0.15) is 17.8 Å². The summed E-state index contributed by atoms with van der Waals surface area (Å²) in [5.41, 5.74) is -4.75. The molecule has 0 unspecified atom stereocenters. The van der Waals surface area contributed by atoms with Crippen LogP contribution in [0.3, 0.4) is 0 Å². The van der Waals surface area contributed by atoms with Gasteiger partial charge in [0, 0.05) is 30.5 Å². The van der Waals surface area contributed by atoms with E-state index in [-0.39, 0.29) is 25.0 Å². The molecule has 1 aliphatic heterocycles. The van der Waals surface area contributed by atoms with E-state index in [9.17, 15) is 19.5 Å². The van der Waals surface area contributed by atoms with Crippen LogP contribution in [0.5, 0.6) is 0 Å². The Morgan fingerprint density at radius 3 is 2.12 bits per heavy atom. The fourth-order valence-electron chi connectivity index (χ4n) is 9.32. The van der Waals surface area contributed by atoms with Gasteiger partial charge < -0.3 is 28.5 Å². The third-order valence-electron chi connectivity index (χ3n) is 12.5. The second kappa shape index (κ2) is 13.3. The van der Waals surface area contributed by atoms with E-state index in [2.05, 4.69) is 36.7 Å². The van der Waals surface area contributed by atoms with E-state index in [1.54, 1.807) is 51.1 Å². The lowest BCUT2D eigenvalue weighted by atomic mass is 9.45. The smallest absolute Gasteiger partial charge is 0.338 e. The first-order valence-corrected chi connectivity index (χ1v) is 20.9. The van der Waals surface area contributed by atoms with E-state index in [0.717, 1.165) is 23.7 Å². The molecule has 12 heteroatoms. The van der Waals surface area contributed by atoms with Gasteiger partial charge in [-0.2, -0.15) is 0 Å². The van der Waals surface area contributed by atoms with E-state index in [0.29, 0.717) is 5.57 Å². The number of ketones is 1. The number of fused-ring (bicyclic) bond motifs is 5. The van der Waals surface area contributed by atoms with Crippen molar-refractivity contribution < 1.29 is 47.7 Å². The van der Waals surface area contributed by atoms with Crippen LogP contribution in [0, 0.1) is 16.7 Å². The number of hydrogen-bond acceptors (Lipinski definition) is 10. The summed E-state index contributed by atoms with van der Waals surface area (Å²) in [6.45, 7) is 15.9. The molecule has 49 heavy (non-hydrogen) atoms. The summed E-state index contributed by atoms with van der Waals surface area (Å²) in [5.74, 6) is -3.56. The maximum atomic E-state index is 15.7. The van der Waals surface area contributed by atoms with Gasteiger partial charge in [0.25, 0.3) is 0 Å². The van der Waals surface area contributed by atoms with E-state index in [1.807, 2.05) is 6.92 Å². The summed E-state index contributed by atoms with van der Waals surface area (Å²) < 4.78 is 32.2. The number of aliphatic hydroxyl groups is 1.